The van der Waals surface area contributed by atoms with Crippen molar-refractivity contribution >= 4 is 15.9 Å². The maximum atomic E-state index is 13.2. The summed E-state index contributed by atoms with van der Waals surface area (Å²) in [6, 6.07) is 12.8. The first kappa shape index (κ1) is 12.3. The molecule has 0 aliphatic carbocycles. The van der Waals surface area contributed by atoms with Gasteiger partial charge in [0.2, 0.25) is 0 Å². The maximum absolute atomic E-state index is 13.2. The Bertz CT molecular complexity index is 525. The molecule has 0 spiro atoms. The molecule has 0 saturated heterocycles. The van der Waals surface area contributed by atoms with Crippen molar-refractivity contribution in [1.29, 1.82) is 0 Å². The molecule has 0 aliphatic rings. The molecule has 0 bridgehead atoms. The van der Waals surface area contributed by atoms with Gasteiger partial charge in [0.25, 0.3) is 0 Å². The van der Waals surface area contributed by atoms with Gasteiger partial charge in [-0.2, -0.15) is 0 Å². The molecule has 0 atom stereocenters. The zero-order valence-electron chi connectivity index (χ0n) is 9.50. The summed E-state index contributed by atoms with van der Waals surface area (Å²) >= 11 is 3.52. The molecule has 0 amide bonds. The third-order valence-corrected chi connectivity index (χ3v) is 3.29. The molecule has 0 unspecified atom stereocenters. The van der Waals surface area contributed by atoms with Crippen LogP contribution in [0.15, 0.2) is 46.9 Å². The molecule has 2 aromatic rings. The Labute approximate surface area is 109 Å². The summed E-state index contributed by atoms with van der Waals surface area (Å²) in [5.41, 5.74) is 3.09. The Hall–Kier alpha value is -1.19. The Kier molecular flexibility index (Phi) is 3.92. The van der Waals surface area contributed by atoms with Crippen LogP contribution in [-0.4, -0.2) is 7.05 Å². The standard InChI is InChI=1S/C14H13BrFN/c1-17-9-10-8-11(16)6-7-12(10)13-4-2-3-5-14(13)15/h2-8,17H,9H2,1H3. The summed E-state index contributed by atoms with van der Waals surface area (Å²) in [5, 5.41) is 3.06. The molecule has 1 nitrogen and oxygen atoms in total. The van der Waals surface area contributed by atoms with E-state index in [1.165, 1.54) is 6.07 Å². The predicted octanol–water partition coefficient (Wildman–Crippen LogP) is 3.97. The van der Waals surface area contributed by atoms with Gasteiger partial charge in [0, 0.05) is 11.0 Å². The average molecular weight is 294 g/mol. The van der Waals surface area contributed by atoms with Crippen LogP contribution in [-0.2, 0) is 6.54 Å². The third kappa shape index (κ3) is 2.73. The van der Waals surface area contributed by atoms with Crippen LogP contribution in [0, 0.1) is 5.82 Å². The van der Waals surface area contributed by atoms with Gasteiger partial charge in [-0.05, 0) is 41.9 Å². The van der Waals surface area contributed by atoms with Crippen LogP contribution in [0.4, 0.5) is 4.39 Å². The largest absolute Gasteiger partial charge is 0.316 e. The van der Waals surface area contributed by atoms with E-state index in [1.54, 1.807) is 6.07 Å². The lowest BCUT2D eigenvalue weighted by molar-refractivity contribution is 0.624. The SMILES string of the molecule is CNCc1cc(F)ccc1-c1ccccc1Br. The van der Waals surface area contributed by atoms with E-state index in [1.807, 2.05) is 37.4 Å². The van der Waals surface area contributed by atoms with Crippen molar-refractivity contribution in [3.8, 4) is 11.1 Å². The van der Waals surface area contributed by atoms with Crippen LogP contribution in [0.25, 0.3) is 11.1 Å². The van der Waals surface area contributed by atoms with E-state index in [-0.39, 0.29) is 5.82 Å². The van der Waals surface area contributed by atoms with Crippen molar-refractivity contribution in [1.82, 2.24) is 5.32 Å². The number of nitrogens with one attached hydrogen (secondary N) is 1. The maximum Gasteiger partial charge on any atom is 0.123 e. The van der Waals surface area contributed by atoms with E-state index in [0.717, 1.165) is 21.2 Å². The Balaban J connectivity index is 2.55. The highest BCUT2D eigenvalue weighted by atomic mass is 79.9. The van der Waals surface area contributed by atoms with E-state index in [2.05, 4.69) is 21.2 Å². The average Bonchev–Trinajstić information content (AvgIpc) is 2.31. The lowest BCUT2D eigenvalue weighted by Crippen LogP contribution is -2.06. The van der Waals surface area contributed by atoms with Crippen molar-refractivity contribution in [2.24, 2.45) is 0 Å². The molecule has 0 fully saturated rings. The first-order valence-corrected chi connectivity index (χ1v) is 6.19. The third-order valence-electron chi connectivity index (χ3n) is 2.60. The van der Waals surface area contributed by atoms with Crippen LogP contribution in [0.5, 0.6) is 0 Å². The van der Waals surface area contributed by atoms with Crippen LogP contribution in [0.2, 0.25) is 0 Å². The van der Waals surface area contributed by atoms with Crippen molar-refractivity contribution in [3.63, 3.8) is 0 Å². The van der Waals surface area contributed by atoms with Crippen molar-refractivity contribution < 1.29 is 4.39 Å². The first-order valence-electron chi connectivity index (χ1n) is 5.40. The van der Waals surface area contributed by atoms with Crippen molar-refractivity contribution in [2.45, 2.75) is 6.54 Å². The summed E-state index contributed by atoms with van der Waals surface area (Å²) in [6.07, 6.45) is 0. The zero-order chi connectivity index (χ0) is 12.3. The molecule has 0 aromatic heterocycles. The minimum atomic E-state index is -0.203. The molecule has 0 radical (unpaired) electrons. The minimum absolute atomic E-state index is 0.203. The molecular formula is C14H13BrFN. The topological polar surface area (TPSA) is 12.0 Å². The van der Waals surface area contributed by atoms with Crippen LogP contribution in [0.3, 0.4) is 0 Å². The highest BCUT2D eigenvalue weighted by Crippen LogP contribution is 2.30. The second-order valence-electron chi connectivity index (χ2n) is 3.81. The van der Waals surface area contributed by atoms with Gasteiger partial charge in [0.15, 0.2) is 0 Å². The van der Waals surface area contributed by atoms with E-state index in [9.17, 15) is 4.39 Å². The van der Waals surface area contributed by atoms with Gasteiger partial charge >= 0.3 is 0 Å². The van der Waals surface area contributed by atoms with Crippen molar-refractivity contribution in [3.05, 3.63) is 58.3 Å². The highest BCUT2D eigenvalue weighted by molar-refractivity contribution is 9.10. The van der Waals surface area contributed by atoms with Crippen LogP contribution >= 0.6 is 15.9 Å². The van der Waals surface area contributed by atoms with Gasteiger partial charge in [0.05, 0.1) is 0 Å². The molecule has 0 aliphatic heterocycles. The van der Waals surface area contributed by atoms with Gasteiger partial charge in [-0.25, -0.2) is 4.39 Å². The monoisotopic (exact) mass is 293 g/mol. The highest BCUT2D eigenvalue weighted by Gasteiger charge is 2.08. The van der Waals surface area contributed by atoms with Crippen molar-refractivity contribution in [2.75, 3.05) is 7.05 Å². The van der Waals surface area contributed by atoms with E-state index in [4.69, 9.17) is 0 Å². The smallest absolute Gasteiger partial charge is 0.123 e. The zero-order valence-corrected chi connectivity index (χ0v) is 11.1. The minimum Gasteiger partial charge on any atom is -0.316 e. The second kappa shape index (κ2) is 5.43. The number of halogens is 2. The molecule has 0 saturated carbocycles. The Morgan fingerprint density at radius 2 is 1.88 bits per heavy atom. The molecule has 17 heavy (non-hydrogen) atoms. The van der Waals surface area contributed by atoms with Gasteiger partial charge in [-0.3, -0.25) is 0 Å². The van der Waals surface area contributed by atoms with Crippen LogP contribution in [0.1, 0.15) is 5.56 Å². The number of rotatable bonds is 3. The number of hydrogen-bond acceptors (Lipinski definition) is 1. The van der Waals surface area contributed by atoms with Gasteiger partial charge in [-0.15, -0.1) is 0 Å². The molecule has 0 heterocycles. The van der Waals surface area contributed by atoms with E-state index >= 15 is 0 Å². The molecular weight excluding hydrogens is 281 g/mol. The van der Waals surface area contributed by atoms with Crippen LogP contribution < -0.4 is 5.32 Å². The summed E-state index contributed by atoms with van der Waals surface area (Å²) in [5.74, 6) is -0.203. The quantitative estimate of drug-likeness (QED) is 0.903. The lowest BCUT2D eigenvalue weighted by atomic mass is 9.99. The summed E-state index contributed by atoms with van der Waals surface area (Å²) < 4.78 is 14.3. The normalized spacial score (nSPS) is 10.5. The Morgan fingerprint density at radius 3 is 2.59 bits per heavy atom. The fraction of sp³-hybridized carbons (Fsp3) is 0.143. The fourth-order valence-corrected chi connectivity index (χ4v) is 2.34. The fourth-order valence-electron chi connectivity index (χ4n) is 1.84. The predicted molar refractivity (Wildman–Crippen MR) is 72.3 cm³/mol. The summed E-state index contributed by atoms with van der Waals surface area (Å²) in [6.45, 7) is 0.647. The van der Waals surface area contributed by atoms with Gasteiger partial charge in [0.1, 0.15) is 5.82 Å². The van der Waals surface area contributed by atoms with E-state index < -0.39 is 0 Å². The summed E-state index contributed by atoms with van der Waals surface area (Å²) in [7, 11) is 1.86. The molecule has 1 N–H and O–H groups in total. The molecule has 3 heteroatoms. The number of benzene rings is 2. The second-order valence-corrected chi connectivity index (χ2v) is 4.67. The molecule has 2 aromatic carbocycles. The van der Waals surface area contributed by atoms with E-state index in [0.29, 0.717) is 6.54 Å². The lowest BCUT2D eigenvalue weighted by Gasteiger charge is -2.11. The van der Waals surface area contributed by atoms with Gasteiger partial charge < -0.3 is 5.32 Å². The molecule has 88 valence electrons. The summed E-state index contributed by atoms with van der Waals surface area (Å²) in [4.78, 5) is 0. The first-order chi connectivity index (χ1) is 8.22. The Morgan fingerprint density at radius 1 is 1.12 bits per heavy atom. The van der Waals surface area contributed by atoms with Gasteiger partial charge in [-0.1, -0.05) is 40.2 Å². The molecule has 2 rings (SSSR count). The number of hydrogen-bond donors (Lipinski definition) is 1.